The summed E-state index contributed by atoms with van der Waals surface area (Å²) in [4.78, 5) is 2.49. The summed E-state index contributed by atoms with van der Waals surface area (Å²) >= 11 is 0. The van der Waals surface area contributed by atoms with Crippen LogP contribution >= 0.6 is 0 Å². The summed E-state index contributed by atoms with van der Waals surface area (Å²) in [7, 11) is 0. The van der Waals surface area contributed by atoms with Crippen LogP contribution in [0.15, 0.2) is 0 Å². The number of aliphatic hydroxyl groups is 2. The fourth-order valence-electron chi connectivity index (χ4n) is 4.51. The molecule has 2 aliphatic rings. The molecule has 0 spiro atoms. The Morgan fingerprint density at radius 2 is 1.81 bits per heavy atom. The summed E-state index contributed by atoms with van der Waals surface area (Å²) in [6.07, 6.45) is 12.4. The van der Waals surface area contributed by atoms with Gasteiger partial charge in [0.05, 0.1) is 12.7 Å². The minimum Gasteiger partial charge on any atom is -0.395 e. The topological polar surface area (TPSA) is 43.7 Å². The molecule has 3 atom stereocenters. The van der Waals surface area contributed by atoms with Crippen LogP contribution in [0.2, 0.25) is 0 Å². The van der Waals surface area contributed by atoms with Crippen LogP contribution in [0.1, 0.15) is 71.1 Å². The van der Waals surface area contributed by atoms with Crippen molar-refractivity contribution in [2.45, 2.75) is 83.3 Å². The molecule has 0 saturated heterocycles. The Balaban J connectivity index is 1.90. The highest BCUT2D eigenvalue weighted by Gasteiger charge is 2.32. The lowest BCUT2D eigenvalue weighted by Gasteiger charge is -2.40. The maximum Gasteiger partial charge on any atom is 0.0580 e. The SMILES string of the molecule is CCCC1CCC(O)C(CN(CCO)C2CCCCC2)C1. The van der Waals surface area contributed by atoms with Crippen LogP contribution in [-0.4, -0.2) is 47.0 Å². The number of rotatable bonds is 7. The Kier molecular flexibility index (Phi) is 7.48. The largest absolute Gasteiger partial charge is 0.395 e. The molecule has 0 aliphatic heterocycles. The van der Waals surface area contributed by atoms with E-state index in [1.54, 1.807) is 0 Å². The fourth-order valence-corrected chi connectivity index (χ4v) is 4.51. The van der Waals surface area contributed by atoms with E-state index in [2.05, 4.69) is 11.8 Å². The van der Waals surface area contributed by atoms with Gasteiger partial charge >= 0.3 is 0 Å². The first-order chi connectivity index (χ1) is 10.2. The van der Waals surface area contributed by atoms with E-state index in [0.717, 1.165) is 25.4 Å². The van der Waals surface area contributed by atoms with Gasteiger partial charge < -0.3 is 10.2 Å². The van der Waals surface area contributed by atoms with Crippen LogP contribution < -0.4 is 0 Å². The Labute approximate surface area is 130 Å². The first kappa shape index (κ1) is 17.2. The highest BCUT2D eigenvalue weighted by molar-refractivity contribution is 4.85. The summed E-state index contributed by atoms with van der Waals surface area (Å²) < 4.78 is 0. The third kappa shape index (κ3) is 5.22. The van der Waals surface area contributed by atoms with Gasteiger partial charge in [-0.1, -0.05) is 39.0 Å². The third-order valence-electron chi connectivity index (χ3n) is 5.70. The molecule has 0 amide bonds. The summed E-state index contributed by atoms with van der Waals surface area (Å²) in [5.74, 6) is 1.23. The summed E-state index contributed by atoms with van der Waals surface area (Å²) in [6.45, 7) is 4.29. The van der Waals surface area contributed by atoms with E-state index in [9.17, 15) is 10.2 Å². The van der Waals surface area contributed by atoms with Crippen LogP contribution in [0.3, 0.4) is 0 Å². The maximum atomic E-state index is 10.4. The predicted molar refractivity (Wildman–Crippen MR) is 87.3 cm³/mol. The van der Waals surface area contributed by atoms with Crippen molar-refractivity contribution in [2.24, 2.45) is 11.8 Å². The lowest BCUT2D eigenvalue weighted by molar-refractivity contribution is 0.00880. The first-order valence-electron chi connectivity index (χ1n) is 9.27. The molecule has 2 N–H and O–H groups in total. The van der Waals surface area contributed by atoms with Crippen LogP contribution in [0.25, 0.3) is 0 Å². The van der Waals surface area contributed by atoms with Gasteiger partial charge in [0.15, 0.2) is 0 Å². The molecule has 0 heterocycles. The Hall–Kier alpha value is -0.120. The second-order valence-corrected chi connectivity index (χ2v) is 7.31. The highest BCUT2D eigenvalue weighted by Crippen LogP contribution is 2.34. The molecule has 0 aromatic heterocycles. The molecule has 124 valence electrons. The van der Waals surface area contributed by atoms with E-state index in [1.807, 2.05) is 0 Å². The molecule has 2 saturated carbocycles. The zero-order valence-corrected chi connectivity index (χ0v) is 13.8. The van der Waals surface area contributed by atoms with Gasteiger partial charge in [0.2, 0.25) is 0 Å². The van der Waals surface area contributed by atoms with E-state index in [0.29, 0.717) is 12.0 Å². The van der Waals surface area contributed by atoms with E-state index < -0.39 is 0 Å². The van der Waals surface area contributed by atoms with Gasteiger partial charge in [0.1, 0.15) is 0 Å². The normalized spacial score (nSPS) is 31.7. The quantitative estimate of drug-likeness (QED) is 0.758. The van der Waals surface area contributed by atoms with Gasteiger partial charge in [0, 0.05) is 19.1 Å². The molecule has 3 nitrogen and oxygen atoms in total. The predicted octanol–water partition coefficient (Wildman–Crippen LogP) is 3.19. The number of hydrogen-bond acceptors (Lipinski definition) is 3. The second kappa shape index (κ2) is 9.12. The van der Waals surface area contributed by atoms with Crippen molar-refractivity contribution in [1.29, 1.82) is 0 Å². The second-order valence-electron chi connectivity index (χ2n) is 7.31. The molecular weight excluding hydrogens is 262 g/mol. The molecule has 3 heteroatoms. The Bertz CT molecular complexity index is 278. The Morgan fingerprint density at radius 3 is 2.48 bits per heavy atom. The summed E-state index contributed by atoms with van der Waals surface area (Å²) in [6, 6.07) is 0.643. The number of nitrogens with zero attached hydrogens (tertiary/aromatic N) is 1. The zero-order chi connectivity index (χ0) is 15.1. The molecule has 21 heavy (non-hydrogen) atoms. The van der Waals surface area contributed by atoms with Gasteiger partial charge in [-0.2, -0.15) is 0 Å². The van der Waals surface area contributed by atoms with Crippen molar-refractivity contribution in [3.63, 3.8) is 0 Å². The van der Waals surface area contributed by atoms with Crippen molar-refractivity contribution in [3.05, 3.63) is 0 Å². The van der Waals surface area contributed by atoms with Crippen LogP contribution in [0, 0.1) is 11.8 Å². The molecule has 2 rings (SSSR count). The van der Waals surface area contributed by atoms with E-state index >= 15 is 0 Å². The van der Waals surface area contributed by atoms with E-state index in [-0.39, 0.29) is 12.7 Å². The number of hydrogen-bond donors (Lipinski definition) is 2. The summed E-state index contributed by atoms with van der Waals surface area (Å²) in [5, 5.41) is 19.8. The minimum absolute atomic E-state index is 0.122. The zero-order valence-electron chi connectivity index (χ0n) is 13.8. The molecule has 2 fully saturated rings. The molecule has 2 aliphatic carbocycles. The van der Waals surface area contributed by atoms with Crippen LogP contribution in [-0.2, 0) is 0 Å². The van der Waals surface area contributed by atoms with Crippen molar-refractivity contribution < 1.29 is 10.2 Å². The summed E-state index contributed by atoms with van der Waals surface area (Å²) in [5.41, 5.74) is 0. The van der Waals surface area contributed by atoms with Gasteiger partial charge in [-0.05, 0) is 43.9 Å². The monoisotopic (exact) mass is 297 g/mol. The van der Waals surface area contributed by atoms with Gasteiger partial charge in [-0.3, -0.25) is 4.90 Å². The molecule has 0 aromatic carbocycles. The van der Waals surface area contributed by atoms with Crippen molar-refractivity contribution in [2.75, 3.05) is 19.7 Å². The average Bonchev–Trinajstić information content (AvgIpc) is 2.51. The lowest BCUT2D eigenvalue weighted by Crippen LogP contribution is -2.45. The van der Waals surface area contributed by atoms with Crippen molar-refractivity contribution in [3.8, 4) is 0 Å². The van der Waals surface area contributed by atoms with Crippen molar-refractivity contribution >= 4 is 0 Å². The smallest absolute Gasteiger partial charge is 0.0580 e. The number of aliphatic hydroxyl groups excluding tert-OH is 2. The Morgan fingerprint density at radius 1 is 1.05 bits per heavy atom. The van der Waals surface area contributed by atoms with Gasteiger partial charge in [-0.25, -0.2) is 0 Å². The van der Waals surface area contributed by atoms with E-state index in [4.69, 9.17) is 0 Å². The molecule has 3 unspecified atom stereocenters. The standard InChI is InChI=1S/C18H35NO2/c1-2-6-15-9-10-18(21)16(13-15)14-19(11-12-20)17-7-4-3-5-8-17/h15-18,20-21H,2-14H2,1H3. The van der Waals surface area contributed by atoms with Crippen molar-refractivity contribution in [1.82, 2.24) is 4.90 Å². The maximum absolute atomic E-state index is 10.4. The van der Waals surface area contributed by atoms with Crippen LogP contribution in [0.4, 0.5) is 0 Å². The molecule has 0 aromatic rings. The van der Waals surface area contributed by atoms with Gasteiger partial charge in [-0.15, -0.1) is 0 Å². The van der Waals surface area contributed by atoms with E-state index in [1.165, 1.54) is 57.8 Å². The molecule has 0 radical (unpaired) electrons. The first-order valence-corrected chi connectivity index (χ1v) is 9.27. The third-order valence-corrected chi connectivity index (χ3v) is 5.70. The minimum atomic E-state index is -0.122. The highest BCUT2D eigenvalue weighted by atomic mass is 16.3. The van der Waals surface area contributed by atoms with Gasteiger partial charge in [0.25, 0.3) is 0 Å². The fraction of sp³-hybridized carbons (Fsp3) is 1.00. The molecular formula is C18H35NO2. The van der Waals surface area contributed by atoms with Crippen LogP contribution in [0.5, 0.6) is 0 Å². The average molecular weight is 297 g/mol. The molecule has 0 bridgehead atoms. The lowest BCUT2D eigenvalue weighted by atomic mass is 9.77.